The monoisotopic (exact) mass is 446 g/mol. The average molecular weight is 447 g/mol. The number of anilines is 1. The fourth-order valence-electron chi connectivity index (χ4n) is 3.89. The normalized spacial score (nSPS) is 19.3. The number of piperazine rings is 1. The van der Waals surface area contributed by atoms with Crippen LogP contribution in [0.1, 0.15) is 19.8 Å². The maximum Gasteiger partial charge on any atom is 0.315 e. The Morgan fingerprint density at radius 1 is 1.21 bits per heavy atom. The van der Waals surface area contributed by atoms with Crippen LogP contribution < -0.4 is 15.4 Å². The summed E-state index contributed by atoms with van der Waals surface area (Å²) in [5.41, 5.74) is 0.503. The molecule has 2 heterocycles. The SMILES string of the molecule is CC(CN1CCN(C2CCNCC2)CC1)C(=O)Oc1ccccc1NC=O.Cl.Cl. The van der Waals surface area contributed by atoms with Crippen LogP contribution >= 0.6 is 24.8 Å². The van der Waals surface area contributed by atoms with Crippen molar-refractivity contribution in [2.45, 2.75) is 25.8 Å². The van der Waals surface area contributed by atoms with Gasteiger partial charge in [-0.15, -0.1) is 24.8 Å². The molecule has 0 saturated carbocycles. The Kier molecular flexibility index (Phi) is 11.5. The number of benzene rings is 1. The van der Waals surface area contributed by atoms with Crippen LogP contribution in [-0.2, 0) is 9.59 Å². The van der Waals surface area contributed by atoms with E-state index in [1.165, 1.54) is 12.8 Å². The number of carbonyl (C=O) groups excluding carboxylic acids is 2. The Labute approximate surface area is 185 Å². The van der Waals surface area contributed by atoms with Gasteiger partial charge < -0.3 is 15.4 Å². The van der Waals surface area contributed by atoms with E-state index in [2.05, 4.69) is 20.4 Å². The lowest BCUT2D eigenvalue weighted by atomic mass is 10.0. The molecule has 2 fully saturated rings. The standard InChI is InChI=1S/C20H30N4O3.2ClH/c1-16(20(26)27-19-5-3-2-4-18(19)22-15-25)14-23-10-12-24(13-11-23)17-6-8-21-9-7-17;;/h2-5,15-17,21H,6-14H2,1H3,(H,22,25);2*1H. The van der Waals surface area contributed by atoms with E-state index in [0.29, 0.717) is 30.4 Å². The Hall–Kier alpha value is -1.38. The van der Waals surface area contributed by atoms with Gasteiger partial charge in [-0.1, -0.05) is 19.1 Å². The molecule has 2 saturated heterocycles. The van der Waals surface area contributed by atoms with E-state index in [0.717, 1.165) is 39.3 Å². The van der Waals surface area contributed by atoms with Crippen LogP contribution in [-0.4, -0.2) is 74.0 Å². The third kappa shape index (κ3) is 7.42. The third-order valence-corrected chi connectivity index (χ3v) is 5.48. The fraction of sp³-hybridized carbons (Fsp3) is 0.600. The topological polar surface area (TPSA) is 73.9 Å². The highest BCUT2D eigenvalue weighted by molar-refractivity contribution is 5.85. The summed E-state index contributed by atoms with van der Waals surface area (Å²) < 4.78 is 5.51. The number of amides is 1. The molecule has 2 N–H and O–H groups in total. The molecule has 164 valence electrons. The number of hydrogen-bond donors (Lipinski definition) is 2. The maximum atomic E-state index is 12.5. The van der Waals surface area contributed by atoms with Crippen LogP contribution in [0.5, 0.6) is 5.75 Å². The number of hydrogen-bond acceptors (Lipinski definition) is 6. The van der Waals surface area contributed by atoms with Crippen molar-refractivity contribution in [3.8, 4) is 5.75 Å². The van der Waals surface area contributed by atoms with Gasteiger partial charge in [0.1, 0.15) is 0 Å². The second-order valence-corrected chi connectivity index (χ2v) is 7.40. The van der Waals surface area contributed by atoms with Crippen molar-refractivity contribution >= 4 is 42.9 Å². The molecule has 1 aromatic rings. The smallest absolute Gasteiger partial charge is 0.315 e. The number of rotatable bonds is 7. The van der Waals surface area contributed by atoms with Crippen LogP contribution in [0.3, 0.4) is 0 Å². The lowest BCUT2D eigenvalue weighted by molar-refractivity contribution is -0.139. The van der Waals surface area contributed by atoms with Gasteiger partial charge in [0.15, 0.2) is 5.75 Å². The van der Waals surface area contributed by atoms with Crippen molar-refractivity contribution in [1.82, 2.24) is 15.1 Å². The molecule has 1 aromatic carbocycles. The van der Waals surface area contributed by atoms with E-state index in [9.17, 15) is 9.59 Å². The summed E-state index contributed by atoms with van der Waals surface area (Å²) in [5.74, 6) is -0.104. The molecule has 29 heavy (non-hydrogen) atoms. The summed E-state index contributed by atoms with van der Waals surface area (Å²) in [6, 6.07) is 7.67. The predicted molar refractivity (Wildman–Crippen MR) is 119 cm³/mol. The second kappa shape index (κ2) is 13.0. The predicted octanol–water partition coefficient (Wildman–Crippen LogP) is 2.01. The second-order valence-electron chi connectivity index (χ2n) is 7.40. The number of esters is 1. The summed E-state index contributed by atoms with van der Waals surface area (Å²) in [6.07, 6.45) is 3.05. The first-order valence-corrected chi connectivity index (χ1v) is 9.85. The number of nitrogens with one attached hydrogen (secondary N) is 2. The minimum atomic E-state index is -0.268. The summed E-state index contributed by atoms with van der Waals surface area (Å²) in [6.45, 7) is 8.95. The lowest BCUT2D eigenvalue weighted by Gasteiger charge is -2.41. The third-order valence-electron chi connectivity index (χ3n) is 5.48. The Morgan fingerprint density at radius 3 is 2.52 bits per heavy atom. The van der Waals surface area contributed by atoms with Crippen LogP contribution in [0.15, 0.2) is 24.3 Å². The van der Waals surface area contributed by atoms with Gasteiger partial charge in [0.25, 0.3) is 0 Å². The molecule has 0 radical (unpaired) electrons. The van der Waals surface area contributed by atoms with E-state index in [-0.39, 0.29) is 36.7 Å². The molecule has 0 aliphatic carbocycles. The number of nitrogens with zero attached hydrogens (tertiary/aromatic N) is 2. The highest BCUT2D eigenvalue weighted by Crippen LogP contribution is 2.24. The van der Waals surface area contributed by atoms with Gasteiger partial charge in [-0.25, -0.2) is 0 Å². The molecule has 0 aromatic heterocycles. The highest BCUT2D eigenvalue weighted by atomic mass is 35.5. The molecule has 1 unspecified atom stereocenters. The average Bonchev–Trinajstić information content (AvgIpc) is 2.71. The zero-order chi connectivity index (χ0) is 19.1. The number of carbonyl (C=O) groups is 2. The van der Waals surface area contributed by atoms with E-state index in [4.69, 9.17) is 4.74 Å². The molecule has 1 atom stereocenters. The van der Waals surface area contributed by atoms with E-state index in [1.807, 2.05) is 6.92 Å². The summed E-state index contributed by atoms with van der Waals surface area (Å²) in [4.78, 5) is 28.1. The Bertz CT molecular complexity index is 636. The van der Waals surface area contributed by atoms with E-state index >= 15 is 0 Å². The summed E-state index contributed by atoms with van der Waals surface area (Å²) in [7, 11) is 0. The molecule has 2 aliphatic rings. The Balaban J connectivity index is 0.00000210. The first kappa shape index (κ1) is 25.7. The number of para-hydroxylation sites is 2. The van der Waals surface area contributed by atoms with Crippen molar-refractivity contribution in [3.63, 3.8) is 0 Å². The molecule has 0 spiro atoms. The molecule has 7 nitrogen and oxygen atoms in total. The Morgan fingerprint density at radius 2 is 1.86 bits per heavy atom. The van der Waals surface area contributed by atoms with Crippen LogP contribution in [0.4, 0.5) is 5.69 Å². The van der Waals surface area contributed by atoms with Crippen molar-refractivity contribution in [3.05, 3.63) is 24.3 Å². The zero-order valence-corrected chi connectivity index (χ0v) is 18.5. The van der Waals surface area contributed by atoms with Crippen LogP contribution in [0.2, 0.25) is 0 Å². The summed E-state index contributed by atoms with van der Waals surface area (Å²) >= 11 is 0. The van der Waals surface area contributed by atoms with Crippen molar-refractivity contribution < 1.29 is 14.3 Å². The molecule has 3 rings (SSSR count). The van der Waals surface area contributed by atoms with Gasteiger partial charge in [0.2, 0.25) is 6.41 Å². The largest absolute Gasteiger partial charge is 0.424 e. The number of halogens is 2. The van der Waals surface area contributed by atoms with E-state index in [1.54, 1.807) is 24.3 Å². The molecule has 1 amide bonds. The van der Waals surface area contributed by atoms with Gasteiger partial charge in [-0.05, 0) is 38.1 Å². The zero-order valence-electron chi connectivity index (χ0n) is 16.8. The van der Waals surface area contributed by atoms with Gasteiger partial charge >= 0.3 is 5.97 Å². The van der Waals surface area contributed by atoms with Gasteiger partial charge in [-0.2, -0.15) is 0 Å². The van der Waals surface area contributed by atoms with Crippen molar-refractivity contribution in [2.24, 2.45) is 5.92 Å². The van der Waals surface area contributed by atoms with Crippen molar-refractivity contribution in [1.29, 1.82) is 0 Å². The molecular weight excluding hydrogens is 415 g/mol. The molecule has 2 aliphatic heterocycles. The minimum absolute atomic E-state index is 0. The number of piperidine rings is 1. The van der Waals surface area contributed by atoms with Gasteiger partial charge in [0, 0.05) is 38.8 Å². The quantitative estimate of drug-likeness (QED) is 0.379. The van der Waals surface area contributed by atoms with Crippen LogP contribution in [0, 0.1) is 5.92 Å². The summed E-state index contributed by atoms with van der Waals surface area (Å²) in [5, 5.41) is 5.98. The van der Waals surface area contributed by atoms with E-state index < -0.39 is 0 Å². The molecule has 0 bridgehead atoms. The molecule has 9 heteroatoms. The first-order chi connectivity index (χ1) is 13.2. The van der Waals surface area contributed by atoms with Crippen LogP contribution in [0.25, 0.3) is 0 Å². The fourth-order valence-corrected chi connectivity index (χ4v) is 3.89. The number of ether oxygens (including phenoxy) is 1. The van der Waals surface area contributed by atoms with Gasteiger partial charge in [-0.3, -0.25) is 19.4 Å². The molecular formula is C20H32Cl2N4O3. The van der Waals surface area contributed by atoms with Gasteiger partial charge in [0.05, 0.1) is 11.6 Å². The first-order valence-electron chi connectivity index (χ1n) is 9.85. The lowest BCUT2D eigenvalue weighted by Crippen LogP contribution is -2.53. The van der Waals surface area contributed by atoms with Crippen molar-refractivity contribution in [2.75, 3.05) is 51.1 Å². The minimum Gasteiger partial charge on any atom is -0.424 e. The maximum absolute atomic E-state index is 12.5. The highest BCUT2D eigenvalue weighted by Gasteiger charge is 2.27.